The lowest BCUT2D eigenvalue weighted by atomic mass is 9.97. The predicted molar refractivity (Wildman–Crippen MR) is 78.7 cm³/mol. The van der Waals surface area contributed by atoms with E-state index in [2.05, 4.69) is 70.4 Å². The van der Waals surface area contributed by atoms with Gasteiger partial charge in [0.05, 0.1) is 0 Å². The Labute approximate surface area is 112 Å². The topological polar surface area (TPSA) is 12.0 Å². The fourth-order valence-electron chi connectivity index (χ4n) is 3.70. The number of rotatable bonds is 5. The lowest BCUT2D eigenvalue weighted by Gasteiger charge is -2.18. The molecule has 18 heavy (non-hydrogen) atoms. The van der Waals surface area contributed by atoms with Gasteiger partial charge in [-0.1, -0.05) is 58.0 Å². The van der Waals surface area contributed by atoms with E-state index >= 15 is 0 Å². The van der Waals surface area contributed by atoms with E-state index in [1.165, 1.54) is 18.4 Å². The summed E-state index contributed by atoms with van der Waals surface area (Å²) in [5, 5.41) is 3.55. The predicted octanol–water partition coefficient (Wildman–Crippen LogP) is 3.89. The van der Waals surface area contributed by atoms with Crippen molar-refractivity contribution in [3.63, 3.8) is 0 Å². The standard InChI is InChI=1S/C17H27N/c1-16(2)15(17(16,3)4)14(18-5)12-11-13-9-7-6-8-10-13/h6-10,14-15,18H,11-12H2,1-5H3. The first-order valence-electron chi connectivity index (χ1n) is 7.12. The second-order valence-corrected chi connectivity index (χ2v) is 6.84. The molecule has 1 aromatic carbocycles. The third kappa shape index (κ3) is 2.21. The van der Waals surface area contributed by atoms with Crippen LogP contribution in [0.15, 0.2) is 30.3 Å². The summed E-state index contributed by atoms with van der Waals surface area (Å²) < 4.78 is 0. The van der Waals surface area contributed by atoms with Gasteiger partial charge in [-0.05, 0) is 42.2 Å². The van der Waals surface area contributed by atoms with Gasteiger partial charge in [-0.2, -0.15) is 0 Å². The Morgan fingerprint density at radius 2 is 1.61 bits per heavy atom. The van der Waals surface area contributed by atoms with E-state index in [0.717, 1.165) is 5.92 Å². The Hall–Kier alpha value is -0.820. The fourth-order valence-corrected chi connectivity index (χ4v) is 3.70. The van der Waals surface area contributed by atoms with Crippen molar-refractivity contribution in [2.75, 3.05) is 7.05 Å². The first-order chi connectivity index (χ1) is 8.41. The summed E-state index contributed by atoms with van der Waals surface area (Å²) in [6.07, 6.45) is 2.41. The summed E-state index contributed by atoms with van der Waals surface area (Å²) >= 11 is 0. The van der Waals surface area contributed by atoms with Gasteiger partial charge in [0.15, 0.2) is 0 Å². The zero-order valence-corrected chi connectivity index (χ0v) is 12.5. The molecule has 1 N–H and O–H groups in total. The Morgan fingerprint density at radius 1 is 1.06 bits per heavy atom. The number of benzene rings is 1. The highest BCUT2D eigenvalue weighted by Gasteiger charge is 2.66. The molecule has 1 fully saturated rings. The molecule has 1 saturated carbocycles. The highest BCUT2D eigenvalue weighted by molar-refractivity contribution is 5.18. The van der Waals surface area contributed by atoms with Gasteiger partial charge in [0.25, 0.3) is 0 Å². The van der Waals surface area contributed by atoms with Gasteiger partial charge in [0.1, 0.15) is 0 Å². The molecule has 2 rings (SSSR count). The zero-order chi connectivity index (χ0) is 13.4. The summed E-state index contributed by atoms with van der Waals surface area (Å²) in [6, 6.07) is 11.5. The molecule has 0 aliphatic heterocycles. The Kier molecular flexibility index (Phi) is 3.55. The normalized spacial score (nSPS) is 22.7. The molecule has 0 amide bonds. The fraction of sp³-hybridized carbons (Fsp3) is 0.647. The molecular formula is C17H27N. The molecule has 1 aromatic rings. The molecule has 1 nitrogen and oxygen atoms in total. The van der Waals surface area contributed by atoms with Crippen molar-refractivity contribution in [2.45, 2.75) is 46.6 Å². The highest BCUT2D eigenvalue weighted by atomic mass is 14.9. The zero-order valence-electron chi connectivity index (χ0n) is 12.5. The molecule has 1 heteroatoms. The average Bonchev–Trinajstić information content (AvgIpc) is 2.74. The molecule has 0 heterocycles. The van der Waals surface area contributed by atoms with Crippen LogP contribution in [-0.4, -0.2) is 13.1 Å². The number of hydrogen-bond acceptors (Lipinski definition) is 1. The van der Waals surface area contributed by atoms with E-state index in [1.807, 2.05) is 0 Å². The van der Waals surface area contributed by atoms with Gasteiger partial charge in [0.2, 0.25) is 0 Å². The van der Waals surface area contributed by atoms with E-state index < -0.39 is 0 Å². The van der Waals surface area contributed by atoms with Gasteiger partial charge in [-0.25, -0.2) is 0 Å². The maximum Gasteiger partial charge on any atom is 0.0106 e. The molecule has 0 aromatic heterocycles. The highest BCUT2D eigenvalue weighted by Crippen LogP contribution is 2.69. The van der Waals surface area contributed by atoms with E-state index in [4.69, 9.17) is 0 Å². The van der Waals surface area contributed by atoms with Crippen LogP contribution in [0.3, 0.4) is 0 Å². The Bertz CT molecular complexity index is 377. The SMILES string of the molecule is CNC(CCc1ccccc1)C1C(C)(C)C1(C)C. The second kappa shape index (κ2) is 4.70. The molecule has 0 spiro atoms. The second-order valence-electron chi connectivity index (χ2n) is 6.84. The van der Waals surface area contributed by atoms with Crippen LogP contribution in [0.25, 0.3) is 0 Å². The van der Waals surface area contributed by atoms with Crippen LogP contribution in [0.4, 0.5) is 0 Å². The summed E-state index contributed by atoms with van der Waals surface area (Å²) in [5.41, 5.74) is 2.39. The number of hydrogen-bond donors (Lipinski definition) is 1. The van der Waals surface area contributed by atoms with Gasteiger partial charge in [-0.15, -0.1) is 0 Å². The molecule has 0 bridgehead atoms. The first-order valence-corrected chi connectivity index (χ1v) is 7.12. The van der Waals surface area contributed by atoms with Gasteiger partial charge >= 0.3 is 0 Å². The van der Waals surface area contributed by atoms with Crippen LogP contribution >= 0.6 is 0 Å². The summed E-state index contributed by atoms with van der Waals surface area (Å²) in [4.78, 5) is 0. The van der Waals surface area contributed by atoms with Crippen molar-refractivity contribution in [1.29, 1.82) is 0 Å². The van der Waals surface area contributed by atoms with Crippen LogP contribution in [0, 0.1) is 16.7 Å². The lowest BCUT2D eigenvalue weighted by molar-refractivity contribution is 0.400. The molecule has 1 atom stereocenters. The van der Waals surface area contributed by atoms with Crippen molar-refractivity contribution in [1.82, 2.24) is 5.32 Å². The van der Waals surface area contributed by atoms with E-state index in [9.17, 15) is 0 Å². The van der Waals surface area contributed by atoms with Crippen molar-refractivity contribution < 1.29 is 0 Å². The number of aryl methyl sites for hydroxylation is 1. The molecule has 0 radical (unpaired) electrons. The largest absolute Gasteiger partial charge is 0.317 e. The minimum atomic E-state index is 0.470. The maximum absolute atomic E-state index is 3.55. The summed E-state index contributed by atoms with van der Waals surface area (Å²) in [7, 11) is 2.11. The average molecular weight is 245 g/mol. The van der Waals surface area contributed by atoms with Crippen LogP contribution < -0.4 is 5.32 Å². The smallest absolute Gasteiger partial charge is 0.0106 e. The quantitative estimate of drug-likeness (QED) is 0.830. The minimum absolute atomic E-state index is 0.470. The summed E-state index contributed by atoms with van der Waals surface area (Å²) in [5.74, 6) is 0.790. The van der Waals surface area contributed by atoms with Crippen LogP contribution in [0.1, 0.15) is 39.7 Å². The summed E-state index contributed by atoms with van der Waals surface area (Å²) in [6.45, 7) is 9.63. The first kappa shape index (κ1) is 13.6. The third-order valence-corrected chi connectivity index (χ3v) is 5.49. The number of nitrogens with one attached hydrogen (secondary N) is 1. The van der Waals surface area contributed by atoms with Crippen molar-refractivity contribution in [3.8, 4) is 0 Å². The Morgan fingerprint density at radius 3 is 2.06 bits per heavy atom. The van der Waals surface area contributed by atoms with Crippen LogP contribution in [0.2, 0.25) is 0 Å². The molecule has 1 aliphatic rings. The molecule has 0 saturated heterocycles. The monoisotopic (exact) mass is 245 g/mol. The van der Waals surface area contributed by atoms with Crippen molar-refractivity contribution in [3.05, 3.63) is 35.9 Å². The molecular weight excluding hydrogens is 218 g/mol. The molecule has 1 aliphatic carbocycles. The lowest BCUT2D eigenvalue weighted by Crippen LogP contribution is -2.30. The van der Waals surface area contributed by atoms with Gasteiger partial charge < -0.3 is 5.32 Å². The van der Waals surface area contributed by atoms with E-state index in [0.29, 0.717) is 16.9 Å². The van der Waals surface area contributed by atoms with Crippen molar-refractivity contribution >= 4 is 0 Å². The van der Waals surface area contributed by atoms with Crippen molar-refractivity contribution in [2.24, 2.45) is 16.7 Å². The van der Waals surface area contributed by atoms with Gasteiger partial charge in [0, 0.05) is 6.04 Å². The van der Waals surface area contributed by atoms with E-state index in [-0.39, 0.29) is 0 Å². The van der Waals surface area contributed by atoms with E-state index in [1.54, 1.807) is 0 Å². The van der Waals surface area contributed by atoms with Crippen LogP contribution in [-0.2, 0) is 6.42 Å². The maximum atomic E-state index is 3.55. The molecule has 100 valence electrons. The van der Waals surface area contributed by atoms with Crippen LogP contribution in [0.5, 0.6) is 0 Å². The Balaban J connectivity index is 1.96. The molecule has 1 unspecified atom stereocenters. The minimum Gasteiger partial charge on any atom is -0.317 e. The van der Waals surface area contributed by atoms with Gasteiger partial charge in [-0.3, -0.25) is 0 Å². The third-order valence-electron chi connectivity index (χ3n) is 5.49.